The van der Waals surface area contributed by atoms with Crippen molar-refractivity contribution in [1.82, 2.24) is 0 Å². The monoisotopic (exact) mass is 268 g/mol. The summed E-state index contributed by atoms with van der Waals surface area (Å²) >= 11 is 1.97. The van der Waals surface area contributed by atoms with Crippen molar-refractivity contribution in [3.8, 4) is 0 Å². The summed E-state index contributed by atoms with van der Waals surface area (Å²) in [5, 5.41) is 0. The number of aryl methyl sites for hydroxylation is 2. The largest absolute Gasteiger partial charge is 0.141 e. The zero-order valence-corrected chi connectivity index (χ0v) is 12.5. The van der Waals surface area contributed by atoms with Gasteiger partial charge < -0.3 is 0 Å². The fourth-order valence-electron chi connectivity index (χ4n) is 2.83. The lowest BCUT2D eigenvalue weighted by Gasteiger charge is -2.03. The summed E-state index contributed by atoms with van der Waals surface area (Å²) in [7, 11) is 0. The van der Waals surface area contributed by atoms with Crippen molar-refractivity contribution in [1.29, 1.82) is 0 Å². The molecule has 1 aliphatic carbocycles. The van der Waals surface area contributed by atoms with Crippen LogP contribution < -0.4 is 0 Å². The van der Waals surface area contributed by atoms with E-state index in [2.05, 4.69) is 50.3 Å². The fourth-order valence-corrected chi connectivity index (χ4v) is 3.96. The first-order valence-corrected chi connectivity index (χ1v) is 8.04. The molecular weight excluding hydrogens is 248 g/mol. The average molecular weight is 268 g/mol. The molecule has 1 aliphatic rings. The van der Waals surface area contributed by atoms with E-state index >= 15 is 0 Å². The molecule has 0 spiro atoms. The first-order chi connectivity index (χ1) is 9.31. The van der Waals surface area contributed by atoms with E-state index in [1.54, 1.807) is 0 Å². The van der Waals surface area contributed by atoms with Crippen LogP contribution in [0.5, 0.6) is 0 Å². The molecule has 0 nitrogen and oxygen atoms in total. The van der Waals surface area contributed by atoms with Gasteiger partial charge in [0.15, 0.2) is 0 Å². The molecule has 0 bridgehead atoms. The van der Waals surface area contributed by atoms with E-state index in [1.165, 1.54) is 44.9 Å². The maximum absolute atomic E-state index is 2.41. The third-order valence-electron chi connectivity index (χ3n) is 3.84. The van der Waals surface area contributed by atoms with Gasteiger partial charge in [0.1, 0.15) is 0 Å². The summed E-state index contributed by atoms with van der Waals surface area (Å²) in [5.74, 6) is 0. The van der Waals surface area contributed by atoms with Crippen LogP contribution in [-0.2, 0) is 19.3 Å². The molecule has 0 saturated carbocycles. The minimum Gasteiger partial charge on any atom is -0.141 e. The molecule has 0 unspecified atom stereocenters. The molecule has 1 heterocycles. The molecule has 0 amide bonds. The summed E-state index contributed by atoms with van der Waals surface area (Å²) in [6.45, 7) is 4.49. The summed E-state index contributed by atoms with van der Waals surface area (Å²) in [4.78, 5) is 2.98. The van der Waals surface area contributed by atoms with Gasteiger partial charge in [-0.2, -0.15) is 0 Å². The Hall–Kier alpha value is -1.34. The van der Waals surface area contributed by atoms with Crippen LogP contribution in [-0.4, -0.2) is 0 Å². The first kappa shape index (κ1) is 12.7. The third-order valence-corrected chi connectivity index (χ3v) is 5.06. The van der Waals surface area contributed by atoms with Crippen molar-refractivity contribution in [2.75, 3.05) is 0 Å². The van der Waals surface area contributed by atoms with Crippen molar-refractivity contribution in [3.63, 3.8) is 0 Å². The Bertz CT molecular complexity index is 616. The lowest BCUT2D eigenvalue weighted by molar-refractivity contribution is 0.940. The number of hydrogen-bond donors (Lipinski definition) is 0. The van der Waals surface area contributed by atoms with Gasteiger partial charge in [-0.1, -0.05) is 38.5 Å². The molecule has 0 saturated heterocycles. The average Bonchev–Trinajstić information content (AvgIpc) is 3.04. The minimum absolute atomic E-state index is 1.11. The smallest absolute Gasteiger partial charge is 0.0308 e. The lowest BCUT2D eigenvalue weighted by atomic mass is 10.0. The van der Waals surface area contributed by atoms with E-state index in [1.807, 2.05) is 11.3 Å². The highest BCUT2D eigenvalue weighted by Gasteiger charge is 2.17. The van der Waals surface area contributed by atoms with Crippen LogP contribution >= 0.6 is 11.3 Å². The van der Waals surface area contributed by atoms with Crippen LogP contribution in [0.3, 0.4) is 0 Å². The highest BCUT2D eigenvalue weighted by molar-refractivity contribution is 7.13. The van der Waals surface area contributed by atoms with Crippen LogP contribution in [0, 0.1) is 0 Å². The standard InChI is InChI=1S/C18H20S/c1-3-6-16-9-10-18(19-16)15-11-14-8-5-7-13(4-2)17(14)12-15/h5,7-10,12H,3-4,6,11H2,1-2H3. The number of allylic oxidation sites excluding steroid dienone is 1. The van der Waals surface area contributed by atoms with Crippen LogP contribution in [0.2, 0.25) is 0 Å². The maximum Gasteiger partial charge on any atom is 0.0308 e. The van der Waals surface area contributed by atoms with E-state index in [0.717, 1.165) is 12.8 Å². The highest BCUT2D eigenvalue weighted by Crippen LogP contribution is 2.36. The van der Waals surface area contributed by atoms with E-state index in [9.17, 15) is 0 Å². The molecule has 0 fully saturated rings. The summed E-state index contributed by atoms with van der Waals surface area (Å²) in [6.07, 6.45) is 7.09. The van der Waals surface area contributed by atoms with Crippen LogP contribution in [0.15, 0.2) is 30.3 Å². The molecule has 0 N–H and O–H groups in total. The molecule has 0 aliphatic heterocycles. The number of benzene rings is 1. The molecule has 19 heavy (non-hydrogen) atoms. The van der Waals surface area contributed by atoms with Crippen LogP contribution in [0.1, 0.15) is 46.7 Å². The Kier molecular flexibility index (Phi) is 3.56. The van der Waals surface area contributed by atoms with Gasteiger partial charge in [-0.05, 0) is 59.7 Å². The molecule has 2 aromatic rings. The molecule has 3 rings (SSSR count). The van der Waals surface area contributed by atoms with Crippen LogP contribution in [0.25, 0.3) is 11.6 Å². The molecule has 0 radical (unpaired) electrons. The second-order valence-electron chi connectivity index (χ2n) is 5.21. The second kappa shape index (κ2) is 5.34. The summed E-state index contributed by atoms with van der Waals surface area (Å²) in [6, 6.07) is 11.3. The SMILES string of the molecule is CCCc1ccc(C2=Cc3c(CC)cccc3C2)s1. The Labute approximate surface area is 119 Å². The quantitative estimate of drug-likeness (QED) is 0.700. The Balaban J connectivity index is 1.92. The van der Waals surface area contributed by atoms with Crippen molar-refractivity contribution in [2.45, 2.75) is 39.5 Å². The van der Waals surface area contributed by atoms with Crippen molar-refractivity contribution in [2.24, 2.45) is 0 Å². The van der Waals surface area contributed by atoms with Gasteiger partial charge in [0, 0.05) is 9.75 Å². The van der Waals surface area contributed by atoms with Gasteiger partial charge in [0.2, 0.25) is 0 Å². The zero-order valence-electron chi connectivity index (χ0n) is 11.7. The molecule has 1 heteroatoms. The van der Waals surface area contributed by atoms with Gasteiger partial charge in [-0.15, -0.1) is 11.3 Å². The highest BCUT2D eigenvalue weighted by atomic mass is 32.1. The van der Waals surface area contributed by atoms with Crippen molar-refractivity contribution < 1.29 is 0 Å². The van der Waals surface area contributed by atoms with Gasteiger partial charge in [0.05, 0.1) is 0 Å². The normalized spacial score (nSPS) is 13.5. The third kappa shape index (κ3) is 2.40. The maximum atomic E-state index is 2.41. The fraction of sp³-hybridized carbons (Fsp3) is 0.333. The second-order valence-corrected chi connectivity index (χ2v) is 6.37. The van der Waals surface area contributed by atoms with E-state index in [0.29, 0.717) is 0 Å². The Morgan fingerprint density at radius 2 is 2.00 bits per heavy atom. The van der Waals surface area contributed by atoms with Gasteiger partial charge in [-0.3, -0.25) is 0 Å². The summed E-state index contributed by atoms with van der Waals surface area (Å²) in [5.41, 5.74) is 5.96. The minimum atomic E-state index is 1.11. The lowest BCUT2D eigenvalue weighted by Crippen LogP contribution is -1.88. The van der Waals surface area contributed by atoms with Crippen LogP contribution in [0.4, 0.5) is 0 Å². The predicted molar refractivity (Wildman–Crippen MR) is 85.7 cm³/mol. The van der Waals surface area contributed by atoms with Gasteiger partial charge >= 0.3 is 0 Å². The number of thiophene rings is 1. The number of rotatable bonds is 4. The molecule has 98 valence electrons. The topological polar surface area (TPSA) is 0 Å². The summed E-state index contributed by atoms with van der Waals surface area (Å²) < 4.78 is 0. The van der Waals surface area contributed by atoms with E-state index in [-0.39, 0.29) is 0 Å². The van der Waals surface area contributed by atoms with Gasteiger partial charge in [0.25, 0.3) is 0 Å². The molecule has 0 atom stereocenters. The van der Waals surface area contributed by atoms with Crippen molar-refractivity contribution in [3.05, 3.63) is 56.8 Å². The predicted octanol–water partition coefficient (Wildman–Crippen LogP) is 5.36. The van der Waals surface area contributed by atoms with E-state index < -0.39 is 0 Å². The first-order valence-electron chi connectivity index (χ1n) is 7.22. The number of hydrogen-bond acceptors (Lipinski definition) is 1. The molecular formula is C18H20S. The number of fused-ring (bicyclic) bond motifs is 1. The Morgan fingerprint density at radius 1 is 1.11 bits per heavy atom. The zero-order chi connectivity index (χ0) is 13.2. The Morgan fingerprint density at radius 3 is 2.79 bits per heavy atom. The van der Waals surface area contributed by atoms with Crippen molar-refractivity contribution >= 4 is 23.0 Å². The molecule has 1 aromatic carbocycles. The molecule has 1 aromatic heterocycles. The van der Waals surface area contributed by atoms with Gasteiger partial charge in [-0.25, -0.2) is 0 Å². The van der Waals surface area contributed by atoms with E-state index in [4.69, 9.17) is 0 Å².